The molecule has 0 spiro atoms. The Kier molecular flexibility index (Phi) is 3.10. The predicted octanol–water partition coefficient (Wildman–Crippen LogP) is 3.39. The number of nitrogens with zero attached hydrogens (tertiary/aromatic N) is 2. The highest BCUT2D eigenvalue weighted by molar-refractivity contribution is 5.81. The molecule has 0 fully saturated rings. The molecule has 0 saturated heterocycles. The second-order valence-electron chi connectivity index (χ2n) is 5.03. The predicted molar refractivity (Wildman–Crippen MR) is 80.5 cm³/mol. The van der Waals surface area contributed by atoms with Crippen LogP contribution < -0.4 is 5.73 Å². The quantitative estimate of drug-likeness (QED) is 0.793. The van der Waals surface area contributed by atoms with Crippen molar-refractivity contribution in [3.05, 3.63) is 41.3 Å². The van der Waals surface area contributed by atoms with Gasteiger partial charge in [-0.3, -0.25) is 0 Å². The molecule has 0 aliphatic carbocycles. The van der Waals surface area contributed by atoms with Crippen LogP contribution in [0.25, 0.3) is 22.4 Å². The molecule has 2 N–H and O–H groups in total. The molecule has 2 heterocycles. The van der Waals surface area contributed by atoms with Gasteiger partial charge in [-0.25, -0.2) is 4.98 Å². The third kappa shape index (κ3) is 1.93. The van der Waals surface area contributed by atoms with E-state index in [4.69, 9.17) is 15.1 Å². The van der Waals surface area contributed by atoms with Crippen LogP contribution in [0.15, 0.2) is 28.7 Å². The van der Waals surface area contributed by atoms with Gasteiger partial charge in [-0.1, -0.05) is 6.07 Å². The number of aryl methyl sites for hydroxylation is 3. The number of benzene rings is 1. The number of rotatable bonds is 3. The monoisotopic (exact) mass is 269 g/mol. The molecule has 0 aliphatic rings. The molecule has 0 saturated carbocycles. The highest BCUT2D eigenvalue weighted by atomic mass is 16.3. The molecule has 0 atom stereocenters. The van der Waals surface area contributed by atoms with Crippen molar-refractivity contribution in [3.63, 3.8) is 0 Å². The summed E-state index contributed by atoms with van der Waals surface area (Å²) in [6.45, 7) is 7.48. The highest BCUT2D eigenvalue weighted by Crippen LogP contribution is 2.29. The maximum Gasteiger partial charge on any atom is 0.144 e. The van der Waals surface area contributed by atoms with Crippen LogP contribution in [0.3, 0.4) is 0 Å². The largest absolute Gasteiger partial charge is 0.466 e. The van der Waals surface area contributed by atoms with Gasteiger partial charge in [-0.05, 0) is 44.5 Å². The molecular weight excluding hydrogens is 250 g/mol. The maximum atomic E-state index is 5.71. The van der Waals surface area contributed by atoms with Crippen LogP contribution in [0, 0.1) is 13.8 Å². The molecule has 3 aromatic rings. The van der Waals surface area contributed by atoms with Gasteiger partial charge in [0.05, 0.1) is 16.6 Å². The molecule has 0 unspecified atom stereocenters. The summed E-state index contributed by atoms with van der Waals surface area (Å²) in [7, 11) is 0. The van der Waals surface area contributed by atoms with Gasteiger partial charge in [-0.15, -0.1) is 0 Å². The Balaban J connectivity index is 2.27. The number of hydrogen-bond acceptors (Lipinski definition) is 3. The van der Waals surface area contributed by atoms with E-state index in [2.05, 4.69) is 29.7 Å². The lowest BCUT2D eigenvalue weighted by Crippen LogP contribution is -1.98. The van der Waals surface area contributed by atoms with Crippen LogP contribution in [0.2, 0.25) is 0 Å². The van der Waals surface area contributed by atoms with Gasteiger partial charge in [0.2, 0.25) is 0 Å². The average Bonchev–Trinajstić information content (AvgIpc) is 2.96. The molecule has 104 valence electrons. The fraction of sp³-hybridized carbons (Fsp3) is 0.312. The Morgan fingerprint density at radius 3 is 2.65 bits per heavy atom. The second kappa shape index (κ2) is 4.80. The number of imidazole rings is 1. The minimum atomic E-state index is 0.536. The maximum absolute atomic E-state index is 5.71. The standard InChI is InChI=1S/C16H19N3O/c1-4-19-15-6-5-12(9-17)8-14(15)18-16(19)13-7-10(2)20-11(13)3/h5-8H,4,9,17H2,1-3H3. The third-order valence-electron chi connectivity index (χ3n) is 3.65. The zero-order valence-corrected chi connectivity index (χ0v) is 12.1. The number of aromatic nitrogens is 2. The van der Waals surface area contributed by atoms with Crippen molar-refractivity contribution in [2.45, 2.75) is 33.9 Å². The van der Waals surface area contributed by atoms with E-state index in [-0.39, 0.29) is 0 Å². The molecule has 0 radical (unpaired) electrons. The van der Waals surface area contributed by atoms with E-state index in [1.807, 2.05) is 19.9 Å². The van der Waals surface area contributed by atoms with Crippen molar-refractivity contribution in [2.75, 3.05) is 0 Å². The Morgan fingerprint density at radius 2 is 2.05 bits per heavy atom. The number of nitrogens with two attached hydrogens (primary N) is 1. The van der Waals surface area contributed by atoms with Crippen molar-refractivity contribution in [1.29, 1.82) is 0 Å². The zero-order chi connectivity index (χ0) is 14.3. The first kappa shape index (κ1) is 12.9. The Hall–Kier alpha value is -2.07. The Bertz CT molecular complexity index is 767. The van der Waals surface area contributed by atoms with Crippen molar-refractivity contribution < 1.29 is 4.42 Å². The molecule has 20 heavy (non-hydrogen) atoms. The summed E-state index contributed by atoms with van der Waals surface area (Å²) in [5.41, 5.74) is 10.00. The lowest BCUT2D eigenvalue weighted by Gasteiger charge is -2.05. The van der Waals surface area contributed by atoms with E-state index in [0.717, 1.165) is 46.0 Å². The summed E-state index contributed by atoms with van der Waals surface area (Å²) >= 11 is 0. The van der Waals surface area contributed by atoms with Gasteiger partial charge in [0.1, 0.15) is 17.3 Å². The van der Waals surface area contributed by atoms with Gasteiger partial charge >= 0.3 is 0 Å². The molecule has 0 aliphatic heterocycles. The normalized spacial score (nSPS) is 11.4. The summed E-state index contributed by atoms with van der Waals surface area (Å²) < 4.78 is 7.85. The summed E-state index contributed by atoms with van der Waals surface area (Å²) in [6, 6.07) is 8.27. The van der Waals surface area contributed by atoms with Crippen molar-refractivity contribution in [3.8, 4) is 11.4 Å². The molecule has 2 aromatic heterocycles. The molecular formula is C16H19N3O. The lowest BCUT2D eigenvalue weighted by molar-refractivity contribution is 0.505. The first-order valence-electron chi connectivity index (χ1n) is 6.90. The molecule has 0 bridgehead atoms. The summed E-state index contributed by atoms with van der Waals surface area (Å²) in [5, 5.41) is 0. The third-order valence-corrected chi connectivity index (χ3v) is 3.65. The van der Waals surface area contributed by atoms with E-state index in [1.165, 1.54) is 0 Å². The summed E-state index contributed by atoms with van der Waals surface area (Å²) in [4.78, 5) is 4.78. The van der Waals surface area contributed by atoms with Gasteiger partial charge in [0.15, 0.2) is 0 Å². The molecule has 0 amide bonds. The van der Waals surface area contributed by atoms with E-state index < -0.39 is 0 Å². The van der Waals surface area contributed by atoms with Gasteiger partial charge in [0, 0.05) is 13.1 Å². The fourth-order valence-corrected chi connectivity index (χ4v) is 2.68. The van der Waals surface area contributed by atoms with Crippen LogP contribution in [-0.4, -0.2) is 9.55 Å². The van der Waals surface area contributed by atoms with E-state index in [0.29, 0.717) is 6.54 Å². The summed E-state index contributed by atoms with van der Waals surface area (Å²) in [6.07, 6.45) is 0. The van der Waals surface area contributed by atoms with E-state index >= 15 is 0 Å². The highest BCUT2D eigenvalue weighted by Gasteiger charge is 2.16. The Morgan fingerprint density at radius 1 is 1.25 bits per heavy atom. The lowest BCUT2D eigenvalue weighted by atomic mass is 10.2. The van der Waals surface area contributed by atoms with Crippen molar-refractivity contribution >= 4 is 11.0 Å². The summed E-state index contributed by atoms with van der Waals surface area (Å²) in [5.74, 6) is 2.78. The fourth-order valence-electron chi connectivity index (χ4n) is 2.68. The Labute approximate surface area is 118 Å². The first-order valence-corrected chi connectivity index (χ1v) is 6.90. The average molecular weight is 269 g/mol. The number of hydrogen-bond donors (Lipinski definition) is 1. The molecule has 1 aromatic carbocycles. The van der Waals surface area contributed by atoms with Crippen LogP contribution in [0.5, 0.6) is 0 Å². The van der Waals surface area contributed by atoms with Crippen molar-refractivity contribution in [1.82, 2.24) is 9.55 Å². The molecule has 4 nitrogen and oxygen atoms in total. The SMILES string of the molecule is CCn1c(-c2cc(C)oc2C)nc2cc(CN)ccc21. The smallest absolute Gasteiger partial charge is 0.144 e. The van der Waals surface area contributed by atoms with E-state index in [9.17, 15) is 0 Å². The molecule has 4 heteroatoms. The van der Waals surface area contributed by atoms with E-state index in [1.54, 1.807) is 0 Å². The molecule has 3 rings (SSSR count). The zero-order valence-electron chi connectivity index (χ0n) is 12.1. The first-order chi connectivity index (χ1) is 9.63. The minimum Gasteiger partial charge on any atom is -0.466 e. The number of fused-ring (bicyclic) bond motifs is 1. The van der Waals surface area contributed by atoms with Crippen LogP contribution >= 0.6 is 0 Å². The number of furan rings is 1. The minimum absolute atomic E-state index is 0.536. The van der Waals surface area contributed by atoms with Crippen molar-refractivity contribution in [2.24, 2.45) is 5.73 Å². The second-order valence-corrected chi connectivity index (χ2v) is 5.03. The topological polar surface area (TPSA) is 57.0 Å². The van der Waals surface area contributed by atoms with Gasteiger partial charge < -0.3 is 14.7 Å². The van der Waals surface area contributed by atoms with Gasteiger partial charge in [0.25, 0.3) is 0 Å². The van der Waals surface area contributed by atoms with Crippen LogP contribution in [0.1, 0.15) is 24.0 Å². The van der Waals surface area contributed by atoms with Crippen LogP contribution in [-0.2, 0) is 13.1 Å². The van der Waals surface area contributed by atoms with Gasteiger partial charge in [-0.2, -0.15) is 0 Å². The van der Waals surface area contributed by atoms with Crippen LogP contribution in [0.4, 0.5) is 0 Å².